The van der Waals surface area contributed by atoms with Crippen molar-refractivity contribution < 1.29 is 8.42 Å². The average molecular weight is 345 g/mol. The van der Waals surface area contributed by atoms with Crippen LogP contribution in [0.25, 0.3) is 0 Å². The number of hydrogen-bond donors (Lipinski definition) is 0. The van der Waals surface area contributed by atoms with Gasteiger partial charge in [-0.2, -0.15) is 0 Å². The van der Waals surface area contributed by atoms with E-state index >= 15 is 0 Å². The van der Waals surface area contributed by atoms with Crippen molar-refractivity contribution in [3.63, 3.8) is 0 Å². The monoisotopic (exact) mass is 344 g/mol. The molecule has 0 fully saturated rings. The van der Waals surface area contributed by atoms with Crippen LogP contribution in [0.3, 0.4) is 0 Å². The van der Waals surface area contributed by atoms with Gasteiger partial charge in [-0.3, -0.25) is 9.29 Å². The fourth-order valence-corrected chi connectivity index (χ4v) is 4.09. The first-order chi connectivity index (χ1) is 9.86. The van der Waals surface area contributed by atoms with Crippen molar-refractivity contribution >= 4 is 38.9 Å². The molecule has 0 spiro atoms. The molecule has 1 aromatic heterocycles. The predicted molar refractivity (Wildman–Crippen MR) is 85.6 cm³/mol. The molecule has 0 bridgehead atoms. The van der Waals surface area contributed by atoms with Crippen LogP contribution in [-0.4, -0.2) is 19.9 Å². The molecule has 2 aromatic rings. The number of halogens is 2. The maximum Gasteiger partial charge on any atom is 0.265 e. The number of benzene rings is 1. The maximum atomic E-state index is 12.8. The highest BCUT2D eigenvalue weighted by Gasteiger charge is 2.26. The van der Waals surface area contributed by atoms with Crippen LogP contribution in [-0.2, 0) is 10.0 Å². The molecule has 0 aliphatic heterocycles. The van der Waals surface area contributed by atoms with Crippen molar-refractivity contribution in [2.45, 2.75) is 18.7 Å². The third-order valence-corrected chi connectivity index (χ3v) is 5.55. The summed E-state index contributed by atoms with van der Waals surface area (Å²) in [6.07, 6.45) is 1.52. The van der Waals surface area contributed by atoms with E-state index in [-0.39, 0.29) is 16.5 Å². The van der Waals surface area contributed by atoms with Gasteiger partial charge in [0.05, 0.1) is 16.9 Å². The lowest BCUT2D eigenvalue weighted by Crippen LogP contribution is -2.31. The fraction of sp³-hybridized carbons (Fsp3) is 0.214. The Morgan fingerprint density at radius 3 is 2.48 bits per heavy atom. The zero-order valence-corrected chi connectivity index (χ0v) is 13.9. The molecule has 0 amide bonds. The Morgan fingerprint density at radius 1 is 1.19 bits per heavy atom. The number of aromatic nitrogens is 1. The minimum Gasteiger partial charge on any atom is -0.265 e. The maximum absolute atomic E-state index is 12.8. The smallest absolute Gasteiger partial charge is 0.265 e. The van der Waals surface area contributed by atoms with Gasteiger partial charge < -0.3 is 0 Å². The molecule has 0 unspecified atom stereocenters. The number of hydrogen-bond acceptors (Lipinski definition) is 3. The van der Waals surface area contributed by atoms with Crippen molar-refractivity contribution in [2.75, 3.05) is 10.8 Å². The number of rotatable bonds is 4. The van der Waals surface area contributed by atoms with E-state index in [0.717, 1.165) is 5.69 Å². The Kier molecular flexibility index (Phi) is 4.76. The summed E-state index contributed by atoms with van der Waals surface area (Å²) in [5.41, 5.74) is 1.30. The Bertz CT molecular complexity index is 746. The molecule has 1 heterocycles. The summed E-state index contributed by atoms with van der Waals surface area (Å²) in [4.78, 5) is 4.12. The van der Waals surface area contributed by atoms with Gasteiger partial charge in [0, 0.05) is 17.3 Å². The largest absolute Gasteiger partial charge is 0.265 e. The molecule has 0 N–H and O–H groups in total. The molecule has 4 nitrogen and oxygen atoms in total. The third-order valence-electron chi connectivity index (χ3n) is 2.93. The molecule has 0 radical (unpaired) electrons. The molecule has 7 heteroatoms. The normalized spacial score (nSPS) is 11.4. The predicted octanol–water partition coefficient (Wildman–Crippen LogP) is 3.91. The first-order valence-corrected chi connectivity index (χ1v) is 8.46. The third kappa shape index (κ3) is 3.31. The lowest BCUT2D eigenvalue weighted by atomic mass is 10.3. The van der Waals surface area contributed by atoms with E-state index < -0.39 is 10.0 Å². The summed E-state index contributed by atoms with van der Waals surface area (Å²) in [6.45, 7) is 3.84. The van der Waals surface area contributed by atoms with E-state index in [2.05, 4.69) is 4.98 Å². The van der Waals surface area contributed by atoms with Gasteiger partial charge in [0.25, 0.3) is 10.0 Å². The van der Waals surface area contributed by atoms with Gasteiger partial charge in [0.1, 0.15) is 4.90 Å². The second-order valence-electron chi connectivity index (χ2n) is 4.40. The first kappa shape index (κ1) is 16.1. The van der Waals surface area contributed by atoms with Crippen molar-refractivity contribution in [3.8, 4) is 0 Å². The van der Waals surface area contributed by atoms with E-state index in [1.807, 2.05) is 6.92 Å². The number of nitrogens with zero attached hydrogens (tertiary/aromatic N) is 2. The molecule has 0 saturated heterocycles. The number of pyridine rings is 1. The molecule has 21 heavy (non-hydrogen) atoms. The first-order valence-electron chi connectivity index (χ1n) is 6.26. The van der Waals surface area contributed by atoms with Crippen LogP contribution >= 0.6 is 23.2 Å². The zero-order valence-electron chi connectivity index (χ0n) is 11.5. The van der Waals surface area contributed by atoms with Crippen LogP contribution in [0.2, 0.25) is 10.0 Å². The highest BCUT2D eigenvalue weighted by atomic mass is 35.5. The molecule has 2 rings (SSSR count). The van der Waals surface area contributed by atoms with Crippen molar-refractivity contribution in [1.82, 2.24) is 4.98 Å². The molecular formula is C14H14Cl2N2O2S. The molecular weight excluding hydrogens is 331 g/mol. The van der Waals surface area contributed by atoms with Crippen LogP contribution < -0.4 is 4.31 Å². The van der Waals surface area contributed by atoms with Crippen molar-refractivity contribution in [2.24, 2.45) is 0 Å². The Balaban J connectivity index is 2.54. The van der Waals surface area contributed by atoms with E-state index in [1.54, 1.807) is 25.1 Å². The number of anilines is 1. The second-order valence-corrected chi connectivity index (χ2v) is 7.08. The van der Waals surface area contributed by atoms with Gasteiger partial charge in [0.2, 0.25) is 0 Å². The lowest BCUT2D eigenvalue weighted by molar-refractivity contribution is 0.592. The Hall–Kier alpha value is -1.30. The van der Waals surface area contributed by atoms with Crippen molar-refractivity contribution in [3.05, 3.63) is 52.3 Å². The summed E-state index contributed by atoms with van der Waals surface area (Å²) in [5.74, 6) is 0. The van der Waals surface area contributed by atoms with Crippen LogP contribution in [0.1, 0.15) is 12.6 Å². The van der Waals surface area contributed by atoms with E-state index in [0.29, 0.717) is 10.7 Å². The SMILES string of the molecule is CCN(c1ccc(C)nc1)S(=O)(=O)c1cc(Cl)ccc1Cl. The summed E-state index contributed by atoms with van der Waals surface area (Å²) in [6, 6.07) is 7.84. The number of sulfonamides is 1. The summed E-state index contributed by atoms with van der Waals surface area (Å²) in [7, 11) is -3.79. The van der Waals surface area contributed by atoms with Crippen LogP contribution in [0, 0.1) is 6.92 Å². The topological polar surface area (TPSA) is 50.3 Å². The molecule has 0 aliphatic rings. The van der Waals surface area contributed by atoms with Crippen LogP contribution in [0.4, 0.5) is 5.69 Å². The van der Waals surface area contributed by atoms with E-state index in [1.165, 1.54) is 22.6 Å². The van der Waals surface area contributed by atoms with Gasteiger partial charge in [-0.1, -0.05) is 23.2 Å². The Labute approximate surface area is 134 Å². The molecule has 0 aliphatic carbocycles. The lowest BCUT2D eigenvalue weighted by Gasteiger charge is -2.23. The quantitative estimate of drug-likeness (QED) is 0.844. The summed E-state index contributed by atoms with van der Waals surface area (Å²) < 4.78 is 26.8. The molecule has 1 aromatic carbocycles. The fourth-order valence-electron chi connectivity index (χ4n) is 1.89. The van der Waals surface area contributed by atoms with E-state index in [4.69, 9.17) is 23.2 Å². The Morgan fingerprint density at radius 2 is 1.90 bits per heavy atom. The zero-order chi connectivity index (χ0) is 15.6. The van der Waals surface area contributed by atoms with Gasteiger partial charge in [-0.25, -0.2) is 8.42 Å². The highest BCUT2D eigenvalue weighted by molar-refractivity contribution is 7.93. The van der Waals surface area contributed by atoms with Gasteiger partial charge in [0.15, 0.2) is 0 Å². The van der Waals surface area contributed by atoms with Gasteiger partial charge >= 0.3 is 0 Å². The van der Waals surface area contributed by atoms with E-state index in [9.17, 15) is 8.42 Å². The summed E-state index contributed by atoms with van der Waals surface area (Å²) in [5, 5.41) is 0.453. The summed E-state index contributed by atoms with van der Waals surface area (Å²) >= 11 is 11.9. The minimum atomic E-state index is -3.79. The van der Waals surface area contributed by atoms with Crippen molar-refractivity contribution in [1.29, 1.82) is 0 Å². The van der Waals surface area contributed by atoms with Gasteiger partial charge in [-0.15, -0.1) is 0 Å². The van der Waals surface area contributed by atoms with Crippen LogP contribution in [0.5, 0.6) is 0 Å². The van der Waals surface area contributed by atoms with Crippen LogP contribution in [0.15, 0.2) is 41.4 Å². The van der Waals surface area contributed by atoms with Gasteiger partial charge in [-0.05, 0) is 44.2 Å². The minimum absolute atomic E-state index is 0.0147. The number of aryl methyl sites for hydroxylation is 1. The second kappa shape index (κ2) is 6.22. The average Bonchev–Trinajstić information content (AvgIpc) is 2.44. The standard InChI is InChI=1S/C14H14Cl2N2O2S/c1-3-18(12-6-4-10(2)17-9-12)21(19,20)14-8-11(15)5-7-13(14)16/h4-9H,3H2,1-2H3. The molecule has 0 saturated carbocycles. The highest BCUT2D eigenvalue weighted by Crippen LogP contribution is 2.30. The molecule has 0 atom stereocenters. The molecule has 112 valence electrons.